The molecule has 4 heteroatoms. The van der Waals surface area contributed by atoms with Crippen LogP contribution in [0.25, 0.3) is 0 Å². The molecule has 0 aliphatic carbocycles. The summed E-state index contributed by atoms with van der Waals surface area (Å²) in [7, 11) is 0. The number of aromatic nitrogens is 2. The highest BCUT2D eigenvalue weighted by molar-refractivity contribution is 5.48. The number of benzene rings is 1. The topological polar surface area (TPSA) is 47.1 Å². The number of hydrogen-bond donors (Lipinski definition) is 1. The summed E-state index contributed by atoms with van der Waals surface area (Å²) in [6, 6.07) is 10.5. The van der Waals surface area contributed by atoms with Crippen molar-refractivity contribution < 1.29 is 0 Å². The standard InChI is InChI=1S/C15H22N4/c1-3-18(14-7-4-6-13(2)12-14)9-5-10-19-11-8-15(16)17-19/h4,6-8,11-12H,3,5,9-10H2,1-2H3,(H2,16,17). The Hall–Kier alpha value is -1.97. The van der Waals surface area contributed by atoms with Crippen molar-refractivity contribution in [3.63, 3.8) is 0 Å². The second kappa shape index (κ2) is 6.27. The van der Waals surface area contributed by atoms with Gasteiger partial charge < -0.3 is 10.6 Å². The van der Waals surface area contributed by atoms with Crippen LogP contribution in [0.3, 0.4) is 0 Å². The van der Waals surface area contributed by atoms with Gasteiger partial charge in [-0.25, -0.2) is 0 Å². The lowest BCUT2D eigenvalue weighted by molar-refractivity contribution is 0.574. The molecular weight excluding hydrogens is 236 g/mol. The molecule has 0 radical (unpaired) electrons. The lowest BCUT2D eigenvalue weighted by Gasteiger charge is -2.23. The van der Waals surface area contributed by atoms with Gasteiger partial charge in [-0.3, -0.25) is 4.68 Å². The first-order valence-electron chi connectivity index (χ1n) is 6.79. The molecule has 0 atom stereocenters. The van der Waals surface area contributed by atoms with Gasteiger partial charge in [-0.1, -0.05) is 12.1 Å². The van der Waals surface area contributed by atoms with E-state index in [-0.39, 0.29) is 0 Å². The van der Waals surface area contributed by atoms with Crippen molar-refractivity contribution in [3.05, 3.63) is 42.1 Å². The normalized spacial score (nSPS) is 10.6. The summed E-state index contributed by atoms with van der Waals surface area (Å²) in [5.74, 6) is 0.589. The minimum absolute atomic E-state index is 0.589. The zero-order valence-electron chi connectivity index (χ0n) is 11.7. The van der Waals surface area contributed by atoms with Gasteiger partial charge in [0.15, 0.2) is 0 Å². The van der Waals surface area contributed by atoms with Gasteiger partial charge in [-0.15, -0.1) is 0 Å². The maximum atomic E-state index is 5.60. The smallest absolute Gasteiger partial charge is 0.145 e. The Morgan fingerprint density at radius 1 is 1.32 bits per heavy atom. The van der Waals surface area contributed by atoms with Crippen LogP contribution in [-0.2, 0) is 6.54 Å². The molecule has 2 N–H and O–H groups in total. The molecule has 1 aromatic carbocycles. The molecule has 0 bridgehead atoms. The number of nitrogens with zero attached hydrogens (tertiary/aromatic N) is 3. The number of anilines is 2. The van der Waals surface area contributed by atoms with Crippen molar-refractivity contribution in [1.29, 1.82) is 0 Å². The van der Waals surface area contributed by atoms with Crippen molar-refractivity contribution in [2.75, 3.05) is 23.7 Å². The van der Waals surface area contributed by atoms with Crippen LogP contribution >= 0.6 is 0 Å². The van der Waals surface area contributed by atoms with Crippen LogP contribution in [0.1, 0.15) is 18.9 Å². The molecular formula is C15H22N4. The molecule has 0 aliphatic heterocycles. The van der Waals surface area contributed by atoms with Gasteiger partial charge in [0.2, 0.25) is 0 Å². The van der Waals surface area contributed by atoms with Crippen LogP contribution in [0.15, 0.2) is 36.5 Å². The zero-order chi connectivity index (χ0) is 13.7. The fourth-order valence-electron chi connectivity index (χ4n) is 2.22. The molecule has 0 aliphatic rings. The maximum Gasteiger partial charge on any atom is 0.145 e. The first-order valence-corrected chi connectivity index (χ1v) is 6.79. The molecule has 1 heterocycles. The number of nitrogen functional groups attached to an aromatic ring is 1. The summed E-state index contributed by atoms with van der Waals surface area (Å²) >= 11 is 0. The van der Waals surface area contributed by atoms with Crippen LogP contribution in [-0.4, -0.2) is 22.9 Å². The molecule has 0 saturated heterocycles. The van der Waals surface area contributed by atoms with Gasteiger partial charge >= 0.3 is 0 Å². The Morgan fingerprint density at radius 3 is 2.79 bits per heavy atom. The third-order valence-corrected chi connectivity index (χ3v) is 3.23. The highest BCUT2D eigenvalue weighted by Crippen LogP contribution is 2.16. The Morgan fingerprint density at radius 2 is 2.16 bits per heavy atom. The first kappa shape index (κ1) is 13.5. The second-order valence-electron chi connectivity index (χ2n) is 4.78. The van der Waals surface area contributed by atoms with Crippen LogP contribution in [0, 0.1) is 6.92 Å². The Balaban J connectivity index is 1.89. The molecule has 2 rings (SSSR count). The van der Waals surface area contributed by atoms with E-state index in [0.29, 0.717) is 5.82 Å². The average Bonchev–Trinajstić information content (AvgIpc) is 2.80. The van der Waals surface area contributed by atoms with Gasteiger partial charge in [-0.2, -0.15) is 5.10 Å². The summed E-state index contributed by atoms with van der Waals surface area (Å²) in [5.41, 5.74) is 8.20. The van der Waals surface area contributed by atoms with E-state index in [9.17, 15) is 0 Å². The highest BCUT2D eigenvalue weighted by Gasteiger charge is 2.04. The van der Waals surface area contributed by atoms with Crippen molar-refractivity contribution in [2.45, 2.75) is 26.8 Å². The molecule has 1 aromatic heterocycles. The van der Waals surface area contributed by atoms with Crippen LogP contribution in [0.5, 0.6) is 0 Å². The molecule has 0 unspecified atom stereocenters. The zero-order valence-corrected chi connectivity index (χ0v) is 11.7. The van der Waals surface area contributed by atoms with Gasteiger partial charge in [0.25, 0.3) is 0 Å². The van der Waals surface area contributed by atoms with Crippen LogP contribution in [0.2, 0.25) is 0 Å². The quantitative estimate of drug-likeness (QED) is 0.866. The predicted octanol–water partition coefficient (Wildman–Crippen LogP) is 2.69. The van der Waals surface area contributed by atoms with Crippen molar-refractivity contribution in [3.8, 4) is 0 Å². The molecule has 2 aromatic rings. The van der Waals surface area contributed by atoms with Gasteiger partial charge in [-0.05, 0) is 44.0 Å². The monoisotopic (exact) mass is 258 g/mol. The van der Waals surface area contributed by atoms with Crippen molar-refractivity contribution >= 4 is 11.5 Å². The molecule has 0 fully saturated rings. The SMILES string of the molecule is CCN(CCCn1ccc(N)n1)c1cccc(C)c1. The molecule has 0 saturated carbocycles. The van der Waals surface area contributed by atoms with E-state index < -0.39 is 0 Å². The lowest BCUT2D eigenvalue weighted by Crippen LogP contribution is -2.25. The Kier molecular flexibility index (Phi) is 4.44. The molecule has 102 valence electrons. The van der Waals surface area contributed by atoms with E-state index in [2.05, 4.69) is 48.1 Å². The summed E-state index contributed by atoms with van der Waals surface area (Å²) in [6.45, 7) is 7.27. The van der Waals surface area contributed by atoms with E-state index in [1.54, 1.807) is 0 Å². The van der Waals surface area contributed by atoms with Crippen molar-refractivity contribution in [1.82, 2.24) is 9.78 Å². The Bertz CT molecular complexity index is 518. The van der Waals surface area contributed by atoms with E-state index in [1.165, 1.54) is 11.3 Å². The number of rotatable bonds is 6. The van der Waals surface area contributed by atoms with E-state index in [1.807, 2.05) is 16.9 Å². The van der Waals surface area contributed by atoms with Gasteiger partial charge in [0.05, 0.1) is 0 Å². The molecule has 4 nitrogen and oxygen atoms in total. The number of nitrogens with two attached hydrogens (primary N) is 1. The Labute approximate surface area is 114 Å². The third-order valence-electron chi connectivity index (χ3n) is 3.23. The van der Waals surface area contributed by atoms with Crippen LogP contribution < -0.4 is 10.6 Å². The minimum atomic E-state index is 0.589. The number of aryl methyl sites for hydroxylation is 2. The van der Waals surface area contributed by atoms with E-state index >= 15 is 0 Å². The highest BCUT2D eigenvalue weighted by atomic mass is 15.3. The van der Waals surface area contributed by atoms with E-state index in [4.69, 9.17) is 5.73 Å². The van der Waals surface area contributed by atoms with E-state index in [0.717, 1.165) is 26.1 Å². The van der Waals surface area contributed by atoms with Crippen molar-refractivity contribution in [2.24, 2.45) is 0 Å². The van der Waals surface area contributed by atoms with Gasteiger partial charge in [0, 0.05) is 31.5 Å². The fraction of sp³-hybridized carbons (Fsp3) is 0.400. The fourth-order valence-corrected chi connectivity index (χ4v) is 2.22. The van der Waals surface area contributed by atoms with Crippen LogP contribution in [0.4, 0.5) is 11.5 Å². The summed E-state index contributed by atoms with van der Waals surface area (Å²) in [6.07, 6.45) is 2.99. The number of hydrogen-bond acceptors (Lipinski definition) is 3. The average molecular weight is 258 g/mol. The second-order valence-corrected chi connectivity index (χ2v) is 4.78. The summed E-state index contributed by atoms with van der Waals surface area (Å²) in [4.78, 5) is 2.39. The predicted molar refractivity (Wildman–Crippen MR) is 80.3 cm³/mol. The molecule has 0 amide bonds. The van der Waals surface area contributed by atoms with Gasteiger partial charge in [0.1, 0.15) is 5.82 Å². The minimum Gasteiger partial charge on any atom is -0.382 e. The third kappa shape index (κ3) is 3.74. The lowest BCUT2D eigenvalue weighted by atomic mass is 10.2. The summed E-state index contributed by atoms with van der Waals surface area (Å²) < 4.78 is 1.90. The molecule has 19 heavy (non-hydrogen) atoms. The molecule has 0 spiro atoms. The largest absolute Gasteiger partial charge is 0.382 e. The summed E-state index contributed by atoms with van der Waals surface area (Å²) in [5, 5.41) is 4.20. The first-order chi connectivity index (χ1) is 9.19. The maximum absolute atomic E-state index is 5.60.